The van der Waals surface area contributed by atoms with E-state index in [4.69, 9.17) is 17.3 Å². The standard InChI is InChI=1S/C27H31ClN2O7/c1-10(28)12-9-15(26(2,3)4)20(31)17-13(12)7-11-8-14-19(30(5)6)22(33)18(25(29)36)24(35)27(14,37)23(34)16(11)21(17)32/h9,11,14,19,31-32,35,37H,1,7-8H2,2-6H3,(H2,29,36)/t11-,14+,19-,27+/m1/s1. The third-order valence-electron chi connectivity index (χ3n) is 7.82. The van der Waals surface area contributed by atoms with E-state index in [1.165, 1.54) is 4.90 Å². The molecule has 0 saturated heterocycles. The highest BCUT2D eigenvalue weighted by atomic mass is 35.5. The van der Waals surface area contributed by atoms with E-state index in [9.17, 15) is 34.8 Å². The second-order valence-electron chi connectivity index (χ2n) is 11.3. The normalized spacial score (nSPS) is 27.7. The first-order chi connectivity index (χ1) is 17.0. The zero-order valence-electron chi connectivity index (χ0n) is 21.3. The Balaban J connectivity index is 2.04. The molecule has 10 heteroatoms. The Labute approximate surface area is 219 Å². The van der Waals surface area contributed by atoms with Gasteiger partial charge in [-0.3, -0.25) is 19.3 Å². The topological polar surface area (TPSA) is 161 Å². The summed E-state index contributed by atoms with van der Waals surface area (Å²) in [6, 6.07) is 0.569. The number of likely N-dealkylation sites (N-methyl/N-ethyl adjacent to an activating group) is 1. The summed E-state index contributed by atoms with van der Waals surface area (Å²) >= 11 is 6.33. The van der Waals surface area contributed by atoms with E-state index in [1.54, 1.807) is 20.2 Å². The molecular formula is C27H31ClN2O7. The Morgan fingerprint density at radius 1 is 1.22 bits per heavy atom. The Hall–Kier alpha value is -3.14. The maximum absolute atomic E-state index is 13.9. The van der Waals surface area contributed by atoms with Gasteiger partial charge in [-0.05, 0) is 55.5 Å². The van der Waals surface area contributed by atoms with Gasteiger partial charge in [-0.15, -0.1) is 0 Å². The number of rotatable bonds is 3. The third kappa shape index (κ3) is 3.63. The molecule has 3 aliphatic rings. The van der Waals surface area contributed by atoms with Crippen molar-refractivity contribution in [2.24, 2.45) is 17.6 Å². The van der Waals surface area contributed by atoms with Crippen molar-refractivity contribution < 1.29 is 34.8 Å². The average Bonchev–Trinajstić information content (AvgIpc) is 2.74. The number of hydrogen-bond donors (Lipinski definition) is 5. The summed E-state index contributed by atoms with van der Waals surface area (Å²) in [5.41, 5.74) is 2.49. The Morgan fingerprint density at radius 2 is 1.81 bits per heavy atom. The fourth-order valence-electron chi connectivity index (χ4n) is 6.13. The Morgan fingerprint density at radius 3 is 2.30 bits per heavy atom. The summed E-state index contributed by atoms with van der Waals surface area (Å²) in [4.78, 5) is 40.6. The highest BCUT2D eigenvalue weighted by Crippen LogP contribution is 2.54. The van der Waals surface area contributed by atoms with Crippen LogP contribution in [0.15, 0.2) is 29.6 Å². The van der Waals surface area contributed by atoms with Gasteiger partial charge < -0.3 is 26.2 Å². The number of phenolic OH excluding ortho intramolecular Hbond substituents is 1. The maximum atomic E-state index is 13.9. The monoisotopic (exact) mass is 530 g/mol. The molecule has 0 unspecified atom stereocenters. The van der Waals surface area contributed by atoms with E-state index in [2.05, 4.69) is 6.58 Å². The fourth-order valence-corrected chi connectivity index (χ4v) is 6.29. The summed E-state index contributed by atoms with van der Waals surface area (Å²) in [7, 11) is 3.10. The predicted octanol–water partition coefficient (Wildman–Crippen LogP) is 2.47. The minimum atomic E-state index is -2.68. The van der Waals surface area contributed by atoms with Crippen LogP contribution in [0.5, 0.6) is 5.75 Å². The first-order valence-corrected chi connectivity index (χ1v) is 12.2. The van der Waals surface area contributed by atoms with Crippen LogP contribution in [0.25, 0.3) is 10.8 Å². The van der Waals surface area contributed by atoms with Crippen LogP contribution in [0.4, 0.5) is 0 Å². The number of amides is 1. The van der Waals surface area contributed by atoms with Crippen molar-refractivity contribution in [2.45, 2.75) is 50.7 Å². The van der Waals surface area contributed by atoms with Gasteiger partial charge in [0.2, 0.25) is 5.78 Å². The van der Waals surface area contributed by atoms with E-state index >= 15 is 0 Å². The van der Waals surface area contributed by atoms with E-state index in [0.29, 0.717) is 16.7 Å². The third-order valence-corrected chi connectivity index (χ3v) is 8.02. The van der Waals surface area contributed by atoms with Crippen molar-refractivity contribution in [3.63, 3.8) is 0 Å². The second kappa shape index (κ2) is 8.44. The van der Waals surface area contributed by atoms with Gasteiger partial charge in [-0.2, -0.15) is 0 Å². The molecule has 37 heavy (non-hydrogen) atoms. The number of carbonyl (C=O) groups is 3. The summed E-state index contributed by atoms with van der Waals surface area (Å²) in [6.45, 7) is 9.41. The number of carbonyl (C=O) groups excluding carboxylic acids is 3. The number of hydrogen-bond acceptors (Lipinski definition) is 8. The number of aromatic hydroxyl groups is 1. The largest absolute Gasteiger partial charge is 0.508 e. The summed E-state index contributed by atoms with van der Waals surface area (Å²) in [5.74, 6) is -6.87. The Kier molecular flexibility index (Phi) is 6.14. The molecule has 198 valence electrons. The van der Waals surface area contributed by atoms with E-state index in [-0.39, 0.29) is 34.8 Å². The average molecular weight is 531 g/mol. The van der Waals surface area contributed by atoms with Crippen LogP contribution in [0, 0.1) is 11.8 Å². The molecule has 1 aromatic rings. The van der Waals surface area contributed by atoms with E-state index in [1.807, 2.05) is 20.8 Å². The number of Topliss-reactive ketones (excluding diaryl/α,β-unsaturated/α-hetero) is 2. The van der Waals surface area contributed by atoms with Crippen LogP contribution < -0.4 is 5.73 Å². The fraction of sp³-hybridized carbons (Fsp3) is 0.444. The first-order valence-electron chi connectivity index (χ1n) is 11.8. The summed E-state index contributed by atoms with van der Waals surface area (Å²) < 4.78 is 0. The lowest BCUT2D eigenvalue weighted by molar-refractivity contribution is -0.153. The highest BCUT2D eigenvalue weighted by molar-refractivity contribution is 6.48. The number of ketones is 2. The van der Waals surface area contributed by atoms with Gasteiger partial charge >= 0.3 is 0 Å². The predicted molar refractivity (Wildman–Crippen MR) is 138 cm³/mol. The molecule has 3 aliphatic carbocycles. The number of aliphatic hydroxyl groups excluding tert-OH is 2. The van der Waals surface area contributed by atoms with Crippen LogP contribution in [0.1, 0.15) is 49.4 Å². The zero-order valence-corrected chi connectivity index (χ0v) is 22.1. The quantitative estimate of drug-likeness (QED) is 0.372. The van der Waals surface area contributed by atoms with Crippen molar-refractivity contribution >= 4 is 39.9 Å². The number of primary amides is 1. The lowest BCUT2D eigenvalue weighted by Gasteiger charge is -2.50. The molecule has 0 radical (unpaired) electrons. The minimum Gasteiger partial charge on any atom is -0.508 e. The van der Waals surface area contributed by atoms with Gasteiger partial charge in [-0.25, -0.2) is 0 Å². The molecule has 1 amide bonds. The first kappa shape index (κ1) is 26.9. The number of benzene rings is 1. The molecule has 1 fully saturated rings. The lowest BCUT2D eigenvalue weighted by atomic mass is 9.57. The zero-order chi connectivity index (χ0) is 27.9. The molecule has 1 saturated carbocycles. The van der Waals surface area contributed by atoms with Gasteiger partial charge in [0.15, 0.2) is 11.4 Å². The molecule has 0 aliphatic heterocycles. The van der Waals surface area contributed by atoms with Crippen molar-refractivity contribution in [1.29, 1.82) is 0 Å². The minimum absolute atomic E-state index is 0.000476. The van der Waals surface area contributed by atoms with Gasteiger partial charge in [0.05, 0.1) is 11.6 Å². The van der Waals surface area contributed by atoms with Gasteiger partial charge in [0.1, 0.15) is 22.8 Å². The van der Waals surface area contributed by atoms with Crippen LogP contribution in [0.3, 0.4) is 0 Å². The van der Waals surface area contributed by atoms with Gasteiger partial charge in [0.25, 0.3) is 5.91 Å². The van der Waals surface area contributed by atoms with Crippen LogP contribution in [-0.4, -0.2) is 68.5 Å². The van der Waals surface area contributed by atoms with Crippen LogP contribution in [-0.2, 0) is 26.2 Å². The van der Waals surface area contributed by atoms with E-state index in [0.717, 1.165) is 0 Å². The second-order valence-corrected chi connectivity index (χ2v) is 11.7. The van der Waals surface area contributed by atoms with Crippen LogP contribution >= 0.6 is 11.6 Å². The lowest BCUT2D eigenvalue weighted by Crippen LogP contribution is -2.65. The van der Waals surface area contributed by atoms with Crippen molar-refractivity contribution in [2.75, 3.05) is 14.1 Å². The molecule has 4 rings (SSSR count). The van der Waals surface area contributed by atoms with E-state index < -0.39 is 63.5 Å². The van der Waals surface area contributed by atoms with Gasteiger partial charge in [0, 0.05) is 22.1 Å². The molecule has 4 atom stereocenters. The Bertz CT molecular complexity index is 1350. The SMILES string of the molecule is C=C(Cl)c1cc(C(C)(C)C)c(O)c2c1C[C@@H]1C[C@H]3[C@@H](N(C)C)C(=O)C(C(N)=O)=C(O)[C@@]3(O)C(=O)C1=C2O. The molecule has 0 heterocycles. The van der Waals surface area contributed by atoms with Crippen molar-refractivity contribution in [3.05, 3.63) is 51.8 Å². The maximum Gasteiger partial charge on any atom is 0.255 e. The molecule has 1 aromatic carbocycles. The molecular weight excluding hydrogens is 500 g/mol. The number of nitrogens with zero attached hydrogens (tertiary/aromatic N) is 1. The molecule has 9 nitrogen and oxygen atoms in total. The van der Waals surface area contributed by atoms with Crippen LogP contribution in [0.2, 0.25) is 0 Å². The molecule has 0 bridgehead atoms. The summed E-state index contributed by atoms with van der Waals surface area (Å²) in [6.07, 6.45) is 0.148. The van der Waals surface area contributed by atoms with Gasteiger partial charge in [-0.1, -0.05) is 39.0 Å². The molecule has 6 N–H and O–H groups in total. The number of nitrogens with two attached hydrogens (primary N) is 1. The summed E-state index contributed by atoms with van der Waals surface area (Å²) in [5, 5.41) is 45.5. The highest BCUT2D eigenvalue weighted by Gasteiger charge is 2.64. The van der Waals surface area contributed by atoms with Crippen molar-refractivity contribution in [3.8, 4) is 5.75 Å². The smallest absolute Gasteiger partial charge is 0.255 e. The number of halogens is 1. The van der Waals surface area contributed by atoms with Crippen molar-refractivity contribution in [1.82, 2.24) is 4.90 Å². The number of fused-ring (bicyclic) bond motifs is 3. The molecule has 0 aromatic heterocycles. The number of aliphatic hydroxyl groups is 3. The number of phenols is 1. The molecule has 0 spiro atoms.